The third-order valence-corrected chi connectivity index (χ3v) is 2.51. The van der Waals surface area contributed by atoms with Crippen LogP contribution in [0, 0.1) is 6.92 Å². The lowest BCUT2D eigenvalue weighted by Gasteiger charge is -2.27. The van der Waals surface area contributed by atoms with Crippen molar-refractivity contribution in [3.8, 4) is 0 Å². The Morgan fingerprint density at radius 1 is 1.41 bits per heavy atom. The second-order valence-electron chi connectivity index (χ2n) is 4.26. The van der Waals surface area contributed by atoms with E-state index in [2.05, 4.69) is 20.4 Å². The number of nitrogens with zero attached hydrogens (tertiary/aromatic N) is 4. The highest BCUT2D eigenvalue weighted by Gasteiger charge is 2.23. The van der Waals surface area contributed by atoms with Gasteiger partial charge in [-0.3, -0.25) is 0 Å². The van der Waals surface area contributed by atoms with Crippen molar-refractivity contribution in [2.45, 2.75) is 19.4 Å². The van der Waals surface area contributed by atoms with Gasteiger partial charge in [-0.15, -0.1) is 0 Å². The average Bonchev–Trinajstić information content (AvgIpc) is 2.77. The van der Waals surface area contributed by atoms with Crippen molar-refractivity contribution < 1.29 is 10.2 Å². The largest absolute Gasteiger partial charge is 0.394 e. The Kier molecular flexibility index (Phi) is 2.95. The topological polar surface area (TPSA) is 95.6 Å². The monoisotopic (exact) mass is 237 g/mol. The zero-order valence-corrected chi connectivity index (χ0v) is 9.75. The van der Waals surface area contributed by atoms with E-state index in [0.717, 1.165) is 5.69 Å². The van der Waals surface area contributed by atoms with Gasteiger partial charge in [0.2, 0.25) is 0 Å². The first-order valence-electron chi connectivity index (χ1n) is 5.25. The molecule has 2 aromatic rings. The van der Waals surface area contributed by atoms with E-state index in [1.165, 1.54) is 10.8 Å². The zero-order valence-electron chi connectivity index (χ0n) is 9.75. The molecular weight excluding hydrogens is 222 g/mol. The maximum atomic E-state index is 9.26. The highest BCUT2D eigenvalue weighted by atomic mass is 16.3. The highest BCUT2D eigenvalue weighted by Crippen LogP contribution is 2.16. The standard InChI is InChI=1S/C10H15N5O2/c1-7-3-8(14-10(2,4-16)5-17)15-9(13-7)11-6-12-15/h3,6,14,16-17H,4-5H2,1-2H3. The summed E-state index contributed by atoms with van der Waals surface area (Å²) in [6, 6.07) is 1.78. The number of aromatic nitrogens is 4. The number of aryl methyl sites for hydroxylation is 1. The predicted molar refractivity (Wildman–Crippen MR) is 61.7 cm³/mol. The van der Waals surface area contributed by atoms with E-state index in [4.69, 9.17) is 0 Å². The van der Waals surface area contributed by atoms with Crippen LogP contribution in [-0.4, -0.2) is 48.5 Å². The van der Waals surface area contributed by atoms with Gasteiger partial charge in [0, 0.05) is 11.8 Å². The number of rotatable bonds is 4. The van der Waals surface area contributed by atoms with Crippen molar-refractivity contribution in [1.82, 2.24) is 19.6 Å². The lowest BCUT2D eigenvalue weighted by Crippen LogP contribution is -2.43. The van der Waals surface area contributed by atoms with Crippen LogP contribution in [0.4, 0.5) is 5.82 Å². The van der Waals surface area contributed by atoms with Crippen LogP contribution in [0.2, 0.25) is 0 Å². The number of anilines is 1. The normalized spacial score (nSPS) is 12.0. The van der Waals surface area contributed by atoms with Crippen molar-refractivity contribution in [3.63, 3.8) is 0 Å². The molecule has 0 bridgehead atoms. The van der Waals surface area contributed by atoms with E-state index < -0.39 is 5.54 Å². The Balaban J connectivity index is 2.44. The molecule has 0 aliphatic carbocycles. The lowest BCUT2D eigenvalue weighted by atomic mass is 10.1. The van der Waals surface area contributed by atoms with Crippen LogP contribution < -0.4 is 5.32 Å². The molecule has 2 aromatic heterocycles. The number of fused-ring (bicyclic) bond motifs is 1. The molecule has 2 rings (SSSR count). The molecule has 0 amide bonds. The van der Waals surface area contributed by atoms with Gasteiger partial charge in [0.05, 0.1) is 18.8 Å². The molecule has 17 heavy (non-hydrogen) atoms. The van der Waals surface area contributed by atoms with Gasteiger partial charge in [-0.05, 0) is 13.8 Å². The summed E-state index contributed by atoms with van der Waals surface area (Å²) in [7, 11) is 0. The molecule has 7 nitrogen and oxygen atoms in total. The zero-order chi connectivity index (χ0) is 12.5. The molecule has 0 unspecified atom stereocenters. The van der Waals surface area contributed by atoms with Crippen LogP contribution in [0.15, 0.2) is 12.4 Å². The molecule has 0 aromatic carbocycles. The Bertz CT molecular complexity index is 520. The lowest BCUT2D eigenvalue weighted by molar-refractivity contribution is 0.147. The minimum Gasteiger partial charge on any atom is -0.394 e. The van der Waals surface area contributed by atoms with E-state index in [9.17, 15) is 10.2 Å². The second-order valence-corrected chi connectivity index (χ2v) is 4.26. The SMILES string of the molecule is Cc1cc(NC(C)(CO)CO)n2ncnc2n1. The van der Waals surface area contributed by atoms with Gasteiger partial charge in [-0.1, -0.05) is 0 Å². The van der Waals surface area contributed by atoms with E-state index in [-0.39, 0.29) is 13.2 Å². The molecule has 2 heterocycles. The summed E-state index contributed by atoms with van der Waals surface area (Å²) in [5.41, 5.74) is -0.0293. The van der Waals surface area contributed by atoms with E-state index in [1.54, 1.807) is 13.0 Å². The number of hydrogen-bond acceptors (Lipinski definition) is 6. The van der Waals surface area contributed by atoms with Gasteiger partial charge in [-0.2, -0.15) is 14.6 Å². The minimum atomic E-state index is -0.813. The fourth-order valence-electron chi connectivity index (χ4n) is 1.46. The Hall–Kier alpha value is -1.73. The Morgan fingerprint density at radius 3 is 2.76 bits per heavy atom. The van der Waals surface area contributed by atoms with Crippen molar-refractivity contribution in [1.29, 1.82) is 0 Å². The molecule has 0 aliphatic rings. The maximum absolute atomic E-state index is 9.26. The summed E-state index contributed by atoms with van der Waals surface area (Å²) in [4.78, 5) is 8.20. The second kappa shape index (κ2) is 4.27. The van der Waals surface area contributed by atoms with Crippen LogP contribution >= 0.6 is 0 Å². The average molecular weight is 237 g/mol. The molecule has 0 radical (unpaired) electrons. The first kappa shape index (κ1) is 11.7. The quantitative estimate of drug-likeness (QED) is 0.669. The van der Waals surface area contributed by atoms with Crippen LogP contribution in [0.5, 0.6) is 0 Å². The summed E-state index contributed by atoms with van der Waals surface area (Å²) in [6.07, 6.45) is 1.40. The molecule has 92 valence electrons. The van der Waals surface area contributed by atoms with Crippen LogP contribution in [0.1, 0.15) is 12.6 Å². The van der Waals surface area contributed by atoms with Gasteiger partial charge in [0.15, 0.2) is 0 Å². The van der Waals surface area contributed by atoms with Crippen LogP contribution in [0.3, 0.4) is 0 Å². The summed E-state index contributed by atoms with van der Waals surface area (Å²) in [5, 5.41) is 25.6. The van der Waals surface area contributed by atoms with Gasteiger partial charge in [-0.25, -0.2) is 4.98 Å². The van der Waals surface area contributed by atoms with Crippen molar-refractivity contribution >= 4 is 11.6 Å². The minimum absolute atomic E-state index is 0.193. The summed E-state index contributed by atoms with van der Waals surface area (Å²) in [6.45, 7) is 3.17. The highest BCUT2D eigenvalue weighted by molar-refractivity contribution is 5.46. The molecule has 0 atom stereocenters. The van der Waals surface area contributed by atoms with Gasteiger partial charge < -0.3 is 15.5 Å². The number of nitrogens with one attached hydrogen (secondary N) is 1. The van der Waals surface area contributed by atoms with Gasteiger partial charge in [0.1, 0.15) is 12.1 Å². The molecule has 0 saturated heterocycles. The Morgan fingerprint density at radius 2 is 2.12 bits per heavy atom. The molecule has 7 heteroatoms. The summed E-state index contributed by atoms with van der Waals surface area (Å²) < 4.78 is 1.52. The number of aliphatic hydroxyl groups is 2. The first-order chi connectivity index (χ1) is 8.08. The van der Waals surface area contributed by atoms with Crippen molar-refractivity contribution in [2.75, 3.05) is 18.5 Å². The summed E-state index contributed by atoms with van der Waals surface area (Å²) in [5.74, 6) is 1.11. The van der Waals surface area contributed by atoms with Crippen molar-refractivity contribution in [2.24, 2.45) is 0 Å². The van der Waals surface area contributed by atoms with E-state index in [0.29, 0.717) is 11.6 Å². The van der Waals surface area contributed by atoms with Crippen molar-refractivity contribution in [3.05, 3.63) is 18.1 Å². The molecule has 0 fully saturated rings. The Labute approximate surface area is 98.1 Å². The molecule has 0 aliphatic heterocycles. The molecular formula is C10H15N5O2. The maximum Gasteiger partial charge on any atom is 0.254 e. The number of aliphatic hydroxyl groups excluding tert-OH is 2. The molecule has 3 N–H and O–H groups in total. The first-order valence-corrected chi connectivity index (χ1v) is 5.25. The fraction of sp³-hybridized carbons (Fsp3) is 0.500. The van der Waals surface area contributed by atoms with E-state index >= 15 is 0 Å². The summed E-state index contributed by atoms with van der Waals surface area (Å²) >= 11 is 0. The predicted octanol–water partition coefficient (Wildman–Crippen LogP) is -0.412. The van der Waals surface area contributed by atoms with E-state index in [1.807, 2.05) is 6.92 Å². The number of hydrogen-bond donors (Lipinski definition) is 3. The molecule has 0 spiro atoms. The fourth-order valence-corrected chi connectivity index (χ4v) is 1.46. The smallest absolute Gasteiger partial charge is 0.254 e. The van der Waals surface area contributed by atoms with Gasteiger partial charge >= 0.3 is 0 Å². The van der Waals surface area contributed by atoms with Crippen LogP contribution in [0.25, 0.3) is 5.78 Å². The molecule has 0 saturated carbocycles. The third kappa shape index (κ3) is 2.20. The third-order valence-electron chi connectivity index (χ3n) is 2.51. The van der Waals surface area contributed by atoms with Gasteiger partial charge in [0.25, 0.3) is 5.78 Å². The van der Waals surface area contributed by atoms with Crippen LogP contribution in [-0.2, 0) is 0 Å².